The summed E-state index contributed by atoms with van der Waals surface area (Å²) < 4.78 is 133. The minimum Gasteiger partial charge on any atom is -0.480 e. The smallest absolute Gasteiger partial charge is 0.429 e. The molecular weight excluding hydrogens is 713 g/mol. The molecule has 10 nitrogen and oxygen atoms in total. The first kappa shape index (κ1) is 36.7. The van der Waals surface area contributed by atoms with Crippen molar-refractivity contribution in [3.05, 3.63) is 77.1 Å². The molecule has 2 aliphatic rings. The summed E-state index contributed by atoms with van der Waals surface area (Å²) in [6, 6.07) is 5.69. The number of nitrogens with two attached hydrogens (primary N) is 1. The largest absolute Gasteiger partial charge is 0.480 e. The molecule has 52 heavy (non-hydrogen) atoms. The quantitative estimate of drug-likeness (QED) is 0.172. The summed E-state index contributed by atoms with van der Waals surface area (Å²) >= 11 is 0. The third-order valence-electron chi connectivity index (χ3n) is 9.25. The fraction of sp³-hybridized carbons (Fsp3) is 0.394. The molecule has 2 atom stereocenters. The lowest BCUT2D eigenvalue weighted by Gasteiger charge is -2.39. The Balaban J connectivity index is 1.36. The number of ether oxygens (including phenoxy) is 1. The van der Waals surface area contributed by atoms with Crippen LogP contribution in [-0.2, 0) is 17.1 Å². The number of aromatic nitrogens is 4. The number of rotatable bonds is 7. The molecule has 0 amide bonds. The molecule has 2 saturated heterocycles. The molecule has 0 bridgehead atoms. The van der Waals surface area contributed by atoms with E-state index in [0.29, 0.717) is 56.7 Å². The Morgan fingerprint density at radius 1 is 0.942 bits per heavy atom. The number of aliphatic carboxylic acids is 1. The second kappa shape index (κ2) is 13.2. The van der Waals surface area contributed by atoms with E-state index in [-0.39, 0.29) is 28.6 Å². The molecule has 2 fully saturated rings. The molecular formula is C33H30F9N7O3. The first-order valence-corrected chi connectivity index (χ1v) is 15.8. The highest BCUT2D eigenvalue weighted by atomic mass is 19.4. The molecule has 19 heteroatoms. The van der Waals surface area contributed by atoms with Crippen molar-refractivity contribution in [2.75, 3.05) is 30.3 Å². The van der Waals surface area contributed by atoms with Gasteiger partial charge in [0.15, 0.2) is 0 Å². The lowest BCUT2D eigenvalue weighted by molar-refractivity contribution is -0.198. The molecule has 0 saturated carbocycles. The van der Waals surface area contributed by atoms with Gasteiger partial charge >= 0.3 is 24.5 Å². The molecule has 4 aromatic rings. The van der Waals surface area contributed by atoms with Gasteiger partial charge in [-0.3, -0.25) is 4.79 Å². The molecule has 4 heterocycles. The van der Waals surface area contributed by atoms with Crippen molar-refractivity contribution in [3.8, 4) is 22.7 Å². The topological polar surface area (TPSA) is 131 Å². The zero-order chi connectivity index (χ0) is 37.8. The number of benzene rings is 2. The van der Waals surface area contributed by atoms with E-state index in [4.69, 9.17) is 10.5 Å². The number of nitrogens with one attached hydrogen (secondary N) is 1. The van der Waals surface area contributed by atoms with E-state index in [1.807, 2.05) is 0 Å². The number of hydrogen-bond acceptors (Lipinski definition) is 8. The molecule has 6 rings (SSSR count). The first-order valence-electron chi connectivity index (χ1n) is 15.8. The maximum absolute atomic E-state index is 14.9. The van der Waals surface area contributed by atoms with Crippen molar-refractivity contribution in [2.24, 2.45) is 5.41 Å². The monoisotopic (exact) mass is 743 g/mol. The van der Waals surface area contributed by atoms with Crippen LogP contribution in [0.15, 0.2) is 54.7 Å². The molecule has 1 unspecified atom stereocenters. The lowest BCUT2D eigenvalue weighted by Crippen LogP contribution is -2.41. The fourth-order valence-corrected chi connectivity index (χ4v) is 6.58. The number of carbonyl (C=O) groups is 1. The Kier molecular flexibility index (Phi) is 9.29. The van der Waals surface area contributed by atoms with E-state index in [9.17, 15) is 49.4 Å². The number of anilines is 2. The number of carboxylic acids is 1. The Hall–Kier alpha value is -5.07. The van der Waals surface area contributed by atoms with Crippen LogP contribution in [0.25, 0.3) is 16.8 Å². The van der Waals surface area contributed by atoms with Crippen LogP contribution in [0.5, 0.6) is 5.88 Å². The van der Waals surface area contributed by atoms with Gasteiger partial charge in [0.1, 0.15) is 11.9 Å². The summed E-state index contributed by atoms with van der Waals surface area (Å²) in [4.78, 5) is 21.2. The number of carboxylic acid groups (broad SMARTS) is 1. The van der Waals surface area contributed by atoms with Crippen LogP contribution < -0.4 is 20.7 Å². The van der Waals surface area contributed by atoms with Crippen LogP contribution in [0.3, 0.4) is 0 Å². The third kappa shape index (κ3) is 7.73. The zero-order valence-electron chi connectivity index (χ0n) is 27.1. The van der Waals surface area contributed by atoms with Gasteiger partial charge in [0.25, 0.3) is 0 Å². The number of hydrogen-bond donors (Lipinski definition) is 3. The minimum absolute atomic E-state index is 0.0482. The summed E-state index contributed by atoms with van der Waals surface area (Å²) in [5, 5.41) is 16.5. The number of halogens is 9. The van der Waals surface area contributed by atoms with Gasteiger partial charge in [-0.2, -0.15) is 54.6 Å². The maximum Gasteiger partial charge on any atom is 0.429 e. The molecule has 1 spiro atoms. The summed E-state index contributed by atoms with van der Waals surface area (Å²) in [7, 11) is 0. The number of piperidine rings is 1. The average molecular weight is 744 g/mol. The van der Waals surface area contributed by atoms with E-state index >= 15 is 0 Å². The van der Waals surface area contributed by atoms with Crippen molar-refractivity contribution in [1.29, 1.82) is 0 Å². The molecule has 4 N–H and O–H groups in total. The first-order chi connectivity index (χ1) is 24.2. The normalized spacial score (nSPS) is 18.5. The van der Waals surface area contributed by atoms with Gasteiger partial charge in [0.05, 0.1) is 22.5 Å². The lowest BCUT2D eigenvalue weighted by atomic mass is 9.76. The Morgan fingerprint density at radius 3 is 2.13 bits per heavy atom. The molecule has 2 aromatic carbocycles. The van der Waals surface area contributed by atoms with Crippen molar-refractivity contribution >= 4 is 17.7 Å². The second-order valence-electron chi connectivity index (χ2n) is 12.9. The van der Waals surface area contributed by atoms with Gasteiger partial charge in [0.2, 0.25) is 17.9 Å². The highest BCUT2D eigenvalue weighted by Gasteiger charge is 2.46. The number of nitrogens with zero attached hydrogens (tertiary/aromatic N) is 5. The molecule has 2 aliphatic heterocycles. The minimum atomic E-state index is -5.15. The van der Waals surface area contributed by atoms with Gasteiger partial charge in [-0.05, 0) is 73.1 Å². The predicted octanol–water partition coefficient (Wildman–Crippen LogP) is 6.97. The SMILES string of the molecule is Cc1ccn(-c2cc(-c3cc(C(F)(F)F)cc(C(F)(F)F)c3)ccc2C(Oc2cc(N3CCC4(CC3)CN[C@H](C(=O)O)C4)nc(N)n2)C(F)(F)F)n1. The maximum atomic E-state index is 14.9. The summed E-state index contributed by atoms with van der Waals surface area (Å²) in [6.07, 6.45) is -15.4. The van der Waals surface area contributed by atoms with Crippen molar-refractivity contribution in [2.45, 2.75) is 56.9 Å². The Labute approximate surface area is 289 Å². The van der Waals surface area contributed by atoms with Crippen LogP contribution in [0.1, 0.15) is 47.8 Å². The Morgan fingerprint density at radius 2 is 1.60 bits per heavy atom. The van der Waals surface area contributed by atoms with Crippen LogP contribution >= 0.6 is 0 Å². The van der Waals surface area contributed by atoms with Crippen molar-refractivity contribution in [1.82, 2.24) is 25.1 Å². The molecule has 0 radical (unpaired) electrons. The summed E-state index contributed by atoms with van der Waals surface area (Å²) in [5.74, 6) is -1.73. The predicted molar refractivity (Wildman–Crippen MR) is 168 cm³/mol. The van der Waals surface area contributed by atoms with E-state index < -0.39 is 70.7 Å². The number of aryl methyl sites for hydroxylation is 1. The van der Waals surface area contributed by atoms with Gasteiger partial charge in [-0.25, -0.2) is 4.68 Å². The summed E-state index contributed by atoms with van der Waals surface area (Å²) in [5.41, 5.74) is 1.05. The molecule has 278 valence electrons. The van der Waals surface area contributed by atoms with Gasteiger partial charge in [-0.1, -0.05) is 12.1 Å². The van der Waals surface area contributed by atoms with E-state index in [0.717, 1.165) is 22.9 Å². The van der Waals surface area contributed by atoms with Crippen LogP contribution in [0.4, 0.5) is 51.3 Å². The van der Waals surface area contributed by atoms with Crippen LogP contribution in [0, 0.1) is 12.3 Å². The standard InChI is InChI=1S/C33H30F9N7O3/c1-17-4-7-49(47-17)24-12-18(19-10-20(31(34,35)36)13-21(11-19)32(37,38)39)2-3-22(24)27(33(40,41)42)52-26-14-25(45-29(43)46-26)48-8-5-30(6-9-48)15-23(28(50)51)44-16-30/h2-4,7,10-14,23,27,44H,5-6,8-9,15-16H2,1H3,(H,50,51)(H2,43,45,46)/t23-,27?/m0/s1. The summed E-state index contributed by atoms with van der Waals surface area (Å²) in [6.45, 7) is 2.81. The zero-order valence-corrected chi connectivity index (χ0v) is 27.1. The van der Waals surface area contributed by atoms with Gasteiger partial charge < -0.3 is 25.8 Å². The highest BCUT2D eigenvalue weighted by molar-refractivity contribution is 5.74. The van der Waals surface area contributed by atoms with Gasteiger partial charge in [-0.15, -0.1) is 0 Å². The average Bonchev–Trinajstić information content (AvgIpc) is 3.68. The van der Waals surface area contributed by atoms with E-state index in [1.54, 1.807) is 4.90 Å². The van der Waals surface area contributed by atoms with E-state index in [1.165, 1.54) is 25.3 Å². The second-order valence-corrected chi connectivity index (χ2v) is 12.9. The highest BCUT2D eigenvalue weighted by Crippen LogP contribution is 2.44. The molecule has 0 aliphatic carbocycles. The molecule has 2 aromatic heterocycles. The van der Waals surface area contributed by atoms with Crippen molar-refractivity contribution < 1.29 is 54.2 Å². The van der Waals surface area contributed by atoms with Gasteiger partial charge in [0, 0.05) is 37.5 Å². The Bertz CT molecular complexity index is 1940. The third-order valence-corrected chi connectivity index (χ3v) is 9.25. The van der Waals surface area contributed by atoms with Crippen LogP contribution in [0.2, 0.25) is 0 Å². The van der Waals surface area contributed by atoms with E-state index in [2.05, 4.69) is 20.4 Å². The fourth-order valence-electron chi connectivity index (χ4n) is 6.58. The number of nitrogen functional groups attached to an aromatic ring is 1. The van der Waals surface area contributed by atoms with Crippen LogP contribution in [-0.4, -0.2) is 62.7 Å². The number of alkyl halides is 9. The van der Waals surface area contributed by atoms with Crippen molar-refractivity contribution in [3.63, 3.8) is 0 Å².